The van der Waals surface area contributed by atoms with E-state index in [1.165, 1.54) is 6.21 Å². The minimum atomic E-state index is -0.500. The topological polar surface area (TPSA) is 77.0 Å². The largest absolute Gasteiger partial charge is 0.490 e. The van der Waals surface area contributed by atoms with Gasteiger partial charge in [-0.3, -0.25) is 4.79 Å². The number of carbonyl (C=O) groups excluding carboxylic acids is 2. The highest BCUT2D eigenvalue weighted by atomic mass is 35.5. The summed E-state index contributed by atoms with van der Waals surface area (Å²) < 4.78 is 10.7. The van der Waals surface area contributed by atoms with E-state index in [9.17, 15) is 9.59 Å². The summed E-state index contributed by atoms with van der Waals surface area (Å²) in [6, 6.07) is 19.8. The maximum Gasteiger partial charge on any atom is 0.343 e. The van der Waals surface area contributed by atoms with Crippen molar-refractivity contribution >= 4 is 29.7 Å². The molecule has 6 nitrogen and oxygen atoms in total. The summed E-state index contributed by atoms with van der Waals surface area (Å²) in [5.74, 6) is 0.131. The molecule has 0 unspecified atom stereocenters. The molecule has 0 heterocycles. The van der Waals surface area contributed by atoms with Crippen molar-refractivity contribution in [3.63, 3.8) is 0 Å². The zero-order chi connectivity index (χ0) is 22.1. The molecule has 7 heteroatoms. The Bertz CT molecular complexity index is 1090. The number of esters is 1. The van der Waals surface area contributed by atoms with Crippen molar-refractivity contribution in [1.82, 2.24) is 5.43 Å². The van der Waals surface area contributed by atoms with E-state index >= 15 is 0 Å². The van der Waals surface area contributed by atoms with Crippen LogP contribution in [-0.4, -0.2) is 24.7 Å². The summed E-state index contributed by atoms with van der Waals surface area (Å²) >= 11 is 5.83. The van der Waals surface area contributed by atoms with Crippen molar-refractivity contribution in [3.05, 3.63) is 107 Å². The average Bonchev–Trinajstić information content (AvgIpc) is 2.78. The number of hydrazone groups is 1. The average molecular weight is 435 g/mol. The van der Waals surface area contributed by atoms with Gasteiger partial charge in [-0.15, -0.1) is 0 Å². The van der Waals surface area contributed by atoms with Crippen LogP contribution in [0.2, 0.25) is 5.02 Å². The van der Waals surface area contributed by atoms with E-state index in [1.807, 2.05) is 0 Å². The molecule has 3 rings (SSSR count). The Morgan fingerprint density at radius 1 is 0.968 bits per heavy atom. The van der Waals surface area contributed by atoms with Gasteiger partial charge in [0.2, 0.25) is 0 Å². The van der Waals surface area contributed by atoms with E-state index in [2.05, 4.69) is 17.1 Å². The zero-order valence-electron chi connectivity index (χ0n) is 16.5. The van der Waals surface area contributed by atoms with E-state index in [4.69, 9.17) is 21.1 Å². The summed E-state index contributed by atoms with van der Waals surface area (Å²) in [7, 11) is 0. The zero-order valence-corrected chi connectivity index (χ0v) is 17.2. The van der Waals surface area contributed by atoms with E-state index in [1.54, 1.807) is 78.9 Å². The van der Waals surface area contributed by atoms with Gasteiger partial charge in [0.05, 0.1) is 11.8 Å². The normalized spacial score (nSPS) is 10.5. The first kappa shape index (κ1) is 21.8. The van der Waals surface area contributed by atoms with E-state index in [-0.39, 0.29) is 5.91 Å². The molecule has 0 aliphatic carbocycles. The summed E-state index contributed by atoms with van der Waals surface area (Å²) in [5, 5.41) is 4.49. The molecule has 0 atom stereocenters. The lowest BCUT2D eigenvalue weighted by atomic mass is 10.2. The molecular weight excluding hydrogens is 416 g/mol. The van der Waals surface area contributed by atoms with Crippen LogP contribution in [0.15, 0.2) is 90.6 Å². The smallest absolute Gasteiger partial charge is 0.343 e. The minimum Gasteiger partial charge on any atom is -0.490 e. The molecule has 156 valence electrons. The Labute approximate surface area is 184 Å². The lowest BCUT2D eigenvalue weighted by Gasteiger charge is -2.05. The molecule has 1 N–H and O–H groups in total. The lowest BCUT2D eigenvalue weighted by molar-refractivity contribution is 0.0734. The van der Waals surface area contributed by atoms with Crippen molar-refractivity contribution in [2.24, 2.45) is 5.10 Å². The van der Waals surface area contributed by atoms with Gasteiger partial charge in [-0.2, -0.15) is 5.10 Å². The van der Waals surface area contributed by atoms with Crippen LogP contribution in [0.5, 0.6) is 11.5 Å². The lowest BCUT2D eigenvalue weighted by Crippen LogP contribution is -2.17. The molecule has 1 amide bonds. The first-order chi connectivity index (χ1) is 15.0. The first-order valence-electron chi connectivity index (χ1n) is 9.30. The molecular formula is C24H19ClN2O4. The molecule has 0 aromatic heterocycles. The van der Waals surface area contributed by atoms with Crippen LogP contribution in [0.25, 0.3) is 0 Å². The maximum atomic E-state index is 12.2. The third-order valence-corrected chi connectivity index (χ3v) is 4.26. The Balaban J connectivity index is 1.57. The summed E-state index contributed by atoms with van der Waals surface area (Å²) in [6.07, 6.45) is 3.10. The number of nitrogens with one attached hydrogen (secondary N) is 1. The number of hydrogen-bond acceptors (Lipinski definition) is 5. The first-order valence-corrected chi connectivity index (χ1v) is 9.68. The van der Waals surface area contributed by atoms with Crippen LogP contribution in [0, 0.1) is 0 Å². The molecule has 3 aromatic carbocycles. The quantitative estimate of drug-likeness (QED) is 0.180. The van der Waals surface area contributed by atoms with Gasteiger partial charge in [0, 0.05) is 10.6 Å². The van der Waals surface area contributed by atoms with Crippen molar-refractivity contribution < 1.29 is 19.1 Å². The Morgan fingerprint density at radius 2 is 1.68 bits per heavy atom. The Hall–Kier alpha value is -3.90. The highest BCUT2D eigenvalue weighted by molar-refractivity contribution is 6.30. The van der Waals surface area contributed by atoms with E-state index < -0.39 is 5.97 Å². The van der Waals surface area contributed by atoms with Gasteiger partial charge in [-0.05, 0) is 66.2 Å². The fourth-order valence-corrected chi connectivity index (χ4v) is 2.62. The summed E-state index contributed by atoms with van der Waals surface area (Å²) in [5.41, 5.74) is 3.93. The van der Waals surface area contributed by atoms with Crippen molar-refractivity contribution in [2.45, 2.75) is 0 Å². The molecule has 0 aliphatic heterocycles. The predicted octanol–water partition coefficient (Wildman–Crippen LogP) is 4.89. The van der Waals surface area contributed by atoms with Crippen LogP contribution >= 0.6 is 11.6 Å². The molecule has 0 spiro atoms. The fraction of sp³-hybridized carbons (Fsp3) is 0.0417. The molecule has 3 aromatic rings. The maximum absolute atomic E-state index is 12.2. The number of nitrogens with zero attached hydrogens (tertiary/aromatic N) is 1. The third kappa shape index (κ3) is 6.55. The van der Waals surface area contributed by atoms with Gasteiger partial charge < -0.3 is 9.47 Å². The summed E-state index contributed by atoms with van der Waals surface area (Å²) in [4.78, 5) is 24.4. The third-order valence-electron chi connectivity index (χ3n) is 4.01. The minimum absolute atomic E-state index is 0.352. The number of benzene rings is 3. The molecule has 0 saturated carbocycles. The molecule has 0 aliphatic rings. The van der Waals surface area contributed by atoms with E-state index in [0.717, 1.165) is 0 Å². The standard InChI is InChI=1S/C24H19ClN2O4/c1-2-14-30-21-12-8-18(9-13-21)23(28)27-26-16-17-4-3-5-22(15-17)31-24(29)19-6-10-20(25)11-7-19/h2-13,15-16H,1,14H2,(H,27,28)/b26-16-. The molecule has 31 heavy (non-hydrogen) atoms. The van der Waals surface area contributed by atoms with Crippen LogP contribution in [-0.2, 0) is 0 Å². The number of rotatable bonds is 8. The molecule has 0 fully saturated rings. The monoisotopic (exact) mass is 434 g/mol. The predicted molar refractivity (Wildman–Crippen MR) is 120 cm³/mol. The SMILES string of the molecule is C=CCOc1ccc(C(=O)N/N=C\c2cccc(OC(=O)c3ccc(Cl)cc3)c2)cc1. The van der Waals surface area contributed by atoms with Gasteiger partial charge in [0.1, 0.15) is 18.1 Å². The number of ether oxygens (including phenoxy) is 2. The van der Waals surface area contributed by atoms with Gasteiger partial charge in [-0.25, -0.2) is 10.2 Å². The number of halogens is 1. The number of carbonyl (C=O) groups is 2. The molecule has 0 radical (unpaired) electrons. The van der Waals surface area contributed by atoms with Crippen molar-refractivity contribution in [2.75, 3.05) is 6.61 Å². The van der Waals surface area contributed by atoms with Crippen LogP contribution in [0.4, 0.5) is 0 Å². The van der Waals surface area contributed by atoms with E-state index in [0.29, 0.717) is 39.8 Å². The second kappa shape index (κ2) is 10.8. The van der Waals surface area contributed by atoms with Crippen LogP contribution < -0.4 is 14.9 Å². The Kier molecular flexibility index (Phi) is 7.56. The van der Waals surface area contributed by atoms with Crippen molar-refractivity contribution in [1.29, 1.82) is 0 Å². The molecule has 0 bridgehead atoms. The Morgan fingerprint density at radius 3 is 2.39 bits per heavy atom. The van der Waals surface area contributed by atoms with Gasteiger partial charge in [-0.1, -0.05) is 36.4 Å². The van der Waals surface area contributed by atoms with Gasteiger partial charge in [0.25, 0.3) is 5.91 Å². The fourth-order valence-electron chi connectivity index (χ4n) is 2.50. The number of hydrogen-bond donors (Lipinski definition) is 1. The van der Waals surface area contributed by atoms with Crippen molar-refractivity contribution in [3.8, 4) is 11.5 Å². The van der Waals surface area contributed by atoms with Gasteiger partial charge in [0.15, 0.2) is 0 Å². The van der Waals surface area contributed by atoms with Gasteiger partial charge >= 0.3 is 5.97 Å². The highest BCUT2D eigenvalue weighted by Gasteiger charge is 2.09. The molecule has 0 saturated heterocycles. The summed E-state index contributed by atoms with van der Waals surface area (Å²) in [6.45, 7) is 3.98. The second-order valence-electron chi connectivity index (χ2n) is 6.29. The van der Waals surface area contributed by atoms with Crippen LogP contribution in [0.1, 0.15) is 26.3 Å². The van der Waals surface area contributed by atoms with Crippen LogP contribution in [0.3, 0.4) is 0 Å². The second-order valence-corrected chi connectivity index (χ2v) is 6.73. The number of amides is 1. The highest BCUT2D eigenvalue weighted by Crippen LogP contribution is 2.16.